The Morgan fingerprint density at radius 2 is 2.04 bits per heavy atom. The molecule has 2 aromatic heterocycles. The molecule has 9 heteroatoms. The van der Waals surface area contributed by atoms with E-state index in [0.29, 0.717) is 33.6 Å². The van der Waals surface area contributed by atoms with Gasteiger partial charge in [0.25, 0.3) is 0 Å². The first kappa shape index (κ1) is 16.4. The van der Waals surface area contributed by atoms with E-state index in [2.05, 4.69) is 15.5 Å². The van der Waals surface area contributed by atoms with Crippen molar-refractivity contribution in [3.8, 4) is 11.5 Å². The van der Waals surface area contributed by atoms with Gasteiger partial charge in [-0.25, -0.2) is 0 Å². The van der Waals surface area contributed by atoms with E-state index < -0.39 is 0 Å². The van der Waals surface area contributed by atoms with Gasteiger partial charge in [-0.3, -0.25) is 14.0 Å². The van der Waals surface area contributed by atoms with Crippen LogP contribution in [0.5, 0.6) is 11.5 Å². The Balaban J connectivity index is 1.49. The number of hydrogen-bond donors (Lipinski definition) is 1. The monoisotopic (exact) mass is 370 g/mol. The maximum atomic E-state index is 12.3. The van der Waals surface area contributed by atoms with Crippen LogP contribution < -0.4 is 14.8 Å². The fourth-order valence-electron chi connectivity index (χ4n) is 2.57. The van der Waals surface area contributed by atoms with Crippen molar-refractivity contribution < 1.29 is 19.1 Å². The van der Waals surface area contributed by atoms with Crippen LogP contribution in [0, 0.1) is 0 Å². The molecule has 0 saturated carbocycles. The summed E-state index contributed by atoms with van der Waals surface area (Å²) < 4.78 is 12.4. The smallest absolute Gasteiger partial charge is 0.234 e. The first-order valence-corrected chi connectivity index (χ1v) is 8.77. The third-order valence-corrected chi connectivity index (χ3v) is 4.72. The van der Waals surface area contributed by atoms with Crippen LogP contribution in [0.25, 0.3) is 5.65 Å². The van der Waals surface area contributed by atoms with Crippen molar-refractivity contribution in [1.82, 2.24) is 14.6 Å². The van der Waals surface area contributed by atoms with E-state index in [1.807, 2.05) is 24.4 Å². The number of rotatable bonds is 5. The molecular weight excluding hydrogens is 356 g/mol. The Morgan fingerprint density at radius 3 is 2.85 bits per heavy atom. The number of Topliss-reactive ketones (excluding diaryl/α,β-unsaturated/α-hetero) is 1. The number of hydrogen-bond acceptors (Lipinski definition) is 7. The number of nitrogens with zero attached hydrogens (tertiary/aromatic N) is 3. The fourth-order valence-corrected chi connectivity index (χ4v) is 3.30. The van der Waals surface area contributed by atoms with E-state index in [-0.39, 0.29) is 24.2 Å². The lowest BCUT2D eigenvalue weighted by Gasteiger charge is -2.10. The second-order valence-corrected chi connectivity index (χ2v) is 6.50. The van der Waals surface area contributed by atoms with Gasteiger partial charge in [0.15, 0.2) is 28.1 Å². The summed E-state index contributed by atoms with van der Waals surface area (Å²) in [5.41, 5.74) is 1.49. The predicted octanol–water partition coefficient (Wildman–Crippen LogP) is 2.39. The van der Waals surface area contributed by atoms with Gasteiger partial charge in [-0.2, -0.15) is 0 Å². The number of amides is 1. The van der Waals surface area contributed by atoms with Gasteiger partial charge in [-0.15, -0.1) is 10.2 Å². The second-order valence-electron chi connectivity index (χ2n) is 5.56. The van der Waals surface area contributed by atoms with Crippen molar-refractivity contribution in [2.45, 2.75) is 12.1 Å². The van der Waals surface area contributed by atoms with Crippen molar-refractivity contribution in [3.05, 3.63) is 42.1 Å². The van der Waals surface area contributed by atoms with Crippen LogP contribution in [0.3, 0.4) is 0 Å². The van der Waals surface area contributed by atoms with Gasteiger partial charge in [0.05, 0.1) is 11.4 Å². The Bertz CT molecular complexity index is 1020. The normalized spacial score (nSPS) is 12.3. The SMILES string of the molecule is CC(=O)c1cc2c(cc1NC(=O)CSc1nnc3ccccn13)OCO2. The highest BCUT2D eigenvalue weighted by atomic mass is 32.2. The van der Waals surface area contributed by atoms with Crippen LogP contribution in [0.1, 0.15) is 17.3 Å². The Hall–Kier alpha value is -3.07. The highest BCUT2D eigenvalue weighted by Gasteiger charge is 2.20. The van der Waals surface area contributed by atoms with Crippen LogP contribution in [0.4, 0.5) is 5.69 Å². The molecule has 0 radical (unpaired) electrons. The van der Waals surface area contributed by atoms with Crippen LogP contribution in [-0.4, -0.2) is 38.8 Å². The summed E-state index contributed by atoms with van der Waals surface area (Å²) in [5, 5.41) is 11.5. The average Bonchev–Trinajstić information content (AvgIpc) is 3.25. The molecule has 0 aliphatic carbocycles. The quantitative estimate of drug-likeness (QED) is 0.544. The van der Waals surface area contributed by atoms with E-state index in [9.17, 15) is 9.59 Å². The van der Waals surface area contributed by atoms with E-state index in [1.165, 1.54) is 18.7 Å². The lowest BCUT2D eigenvalue weighted by atomic mass is 10.1. The second kappa shape index (κ2) is 6.68. The van der Waals surface area contributed by atoms with Gasteiger partial charge in [0, 0.05) is 17.8 Å². The summed E-state index contributed by atoms with van der Waals surface area (Å²) in [6, 6.07) is 8.76. The first-order valence-electron chi connectivity index (χ1n) is 7.79. The molecule has 4 rings (SSSR count). The summed E-state index contributed by atoms with van der Waals surface area (Å²) in [6.45, 7) is 1.53. The van der Waals surface area contributed by atoms with Crippen LogP contribution in [0.2, 0.25) is 0 Å². The van der Waals surface area contributed by atoms with Gasteiger partial charge in [-0.05, 0) is 25.1 Å². The lowest BCUT2D eigenvalue weighted by Crippen LogP contribution is -2.16. The standard InChI is InChI=1S/C17H14N4O4S/c1-10(22)11-6-13-14(25-9-24-13)7-12(11)18-16(23)8-26-17-20-19-15-4-2-3-5-21(15)17/h2-7H,8-9H2,1H3,(H,18,23). The molecule has 1 aliphatic heterocycles. The maximum Gasteiger partial charge on any atom is 0.234 e. The van der Waals surface area contributed by atoms with E-state index in [0.717, 1.165) is 0 Å². The molecule has 3 aromatic rings. The van der Waals surface area contributed by atoms with Crippen molar-refractivity contribution in [3.63, 3.8) is 0 Å². The minimum absolute atomic E-state index is 0.0971. The molecule has 1 aliphatic rings. The first-order chi connectivity index (χ1) is 12.6. The molecule has 0 unspecified atom stereocenters. The Morgan fingerprint density at radius 1 is 1.23 bits per heavy atom. The average molecular weight is 370 g/mol. The van der Waals surface area contributed by atoms with Crippen molar-refractivity contribution in [1.29, 1.82) is 0 Å². The molecule has 0 saturated heterocycles. The van der Waals surface area contributed by atoms with Crippen LogP contribution in [0.15, 0.2) is 41.7 Å². The third-order valence-electron chi connectivity index (χ3n) is 3.78. The number of anilines is 1. The molecule has 1 amide bonds. The summed E-state index contributed by atoms with van der Waals surface area (Å²) >= 11 is 1.26. The van der Waals surface area contributed by atoms with Crippen molar-refractivity contribution in [2.24, 2.45) is 0 Å². The van der Waals surface area contributed by atoms with Crippen LogP contribution in [-0.2, 0) is 4.79 Å². The minimum Gasteiger partial charge on any atom is -0.454 e. The molecule has 1 N–H and O–H groups in total. The highest BCUT2D eigenvalue weighted by molar-refractivity contribution is 7.99. The number of nitrogens with one attached hydrogen (secondary N) is 1. The van der Waals surface area contributed by atoms with Gasteiger partial charge in [0.1, 0.15) is 0 Å². The van der Waals surface area contributed by atoms with Gasteiger partial charge < -0.3 is 14.8 Å². The number of aromatic nitrogens is 3. The lowest BCUT2D eigenvalue weighted by molar-refractivity contribution is -0.113. The molecule has 3 heterocycles. The van der Waals surface area contributed by atoms with Crippen molar-refractivity contribution in [2.75, 3.05) is 17.9 Å². The summed E-state index contributed by atoms with van der Waals surface area (Å²) in [7, 11) is 0. The molecule has 8 nitrogen and oxygen atoms in total. The van der Waals surface area contributed by atoms with Crippen molar-refractivity contribution >= 4 is 34.8 Å². The Labute approximate surface area is 152 Å². The summed E-state index contributed by atoms with van der Waals surface area (Å²) in [5.74, 6) is 0.694. The number of carbonyl (C=O) groups excluding carboxylic acids is 2. The number of pyridine rings is 1. The minimum atomic E-state index is -0.260. The largest absolute Gasteiger partial charge is 0.454 e. The number of fused-ring (bicyclic) bond motifs is 2. The Kier molecular flexibility index (Phi) is 4.21. The molecule has 0 fully saturated rings. The molecule has 1 aromatic carbocycles. The molecule has 0 atom stereocenters. The zero-order chi connectivity index (χ0) is 18.1. The third kappa shape index (κ3) is 3.08. The van der Waals surface area contributed by atoms with Gasteiger partial charge in [-0.1, -0.05) is 17.8 Å². The van der Waals surface area contributed by atoms with Gasteiger partial charge in [0.2, 0.25) is 12.7 Å². The number of ether oxygens (including phenoxy) is 2. The van der Waals surface area contributed by atoms with Gasteiger partial charge >= 0.3 is 0 Å². The fraction of sp³-hybridized carbons (Fsp3) is 0.176. The molecule has 0 spiro atoms. The molecule has 26 heavy (non-hydrogen) atoms. The van der Waals surface area contributed by atoms with E-state index >= 15 is 0 Å². The maximum absolute atomic E-state index is 12.3. The van der Waals surface area contributed by atoms with E-state index in [4.69, 9.17) is 9.47 Å². The topological polar surface area (TPSA) is 94.8 Å². The number of ketones is 1. The van der Waals surface area contributed by atoms with Crippen LogP contribution >= 0.6 is 11.8 Å². The number of benzene rings is 1. The molecular formula is C17H14N4O4S. The predicted molar refractivity (Wildman–Crippen MR) is 94.9 cm³/mol. The number of thioether (sulfide) groups is 1. The zero-order valence-electron chi connectivity index (χ0n) is 13.8. The molecule has 0 bridgehead atoms. The zero-order valence-corrected chi connectivity index (χ0v) is 14.6. The highest BCUT2D eigenvalue weighted by Crippen LogP contribution is 2.37. The summed E-state index contributed by atoms with van der Waals surface area (Å²) in [6.07, 6.45) is 1.83. The molecule has 132 valence electrons. The summed E-state index contributed by atoms with van der Waals surface area (Å²) in [4.78, 5) is 24.2. The number of carbonyl (C=O) groups is 2. The van der Waals surface area contributed by atoms with E-state index in [1.54, 1.807) is 16.5 Å².